The van der Waals surface area contributed by atoms with Crippen molar-refractivity contribution in [1.82, 2.24) is 15.0 Å². The van der Waals surface area contributed by atoms with Crippen LogP contribution in [-0.2, 0) is 19.5 Å². The molecule has 23 heteroatoms. The Kier molecular flexibility index (Phi) is 18.3. The summed E-state index contributed by atoms with van der Waals surface area (Å²) in [6, 6.07) is 21.9. The van der Waals surface area contributed by atoms with Gasteiger partial charge in [-0.15, -0.1) is 0 Å². The Labute approximate surface area is 364 Å². The van der Waals surface area contributed by atoms with Gasteiger partial charge in [0.2, 0.25) is 17.8 Å². The summed E-state index contributed by atoms with van der Waals surface area (Å²) in [5.41, 5.74) is 2.48. The Hall–Kier alpha value is -3.81. The summed E-state index contributed by atoms with van der Waals surface area (Å²) in [6.07, 6.45) is 0. The molecule has 276 valence electrons. The second-order valence-corrected chi connectivity index (χ2v) is 12.7. The van der Waals surface area contributed by atoms with Crippen LogP contribution in [0, 0.1) is 0 Å². The van der Waals surface area contributed by atoms with Crippen molar-refractivity contribution in [3.63, 3.8) is 0 Å². The van der Waals surface area contributed by atoms with Crippen LogP contribution in [0.5, 0.6) is 11.5 Å². The van der Waals surface area contributed by atoms with Crippen molar-refractivity contribution in [2.45, 2.75) is 9.79 Å². The number of likely N-dealkylation sites (N-methyl/N-ethyl adjacent to an activating group) is 1. The van der Waals surface area contributed by atoms with Crippen LogP contribution < -0.4 is 89.4 Å². The van der Waals surface area contributed by atoms with Crippen molar-refractivity contribution in [1.29, 1.82) is 0 Å². The molecule has 0 unspecified atom stereocenters. The molecule has 0 aliphatic rings. The van der Waals surface area contributed by atoms with Gasteiger partial charge in [0.1, 0.15) is 21.6 Å². The largest absolute Gasteiger partial charge is 1.00 e. The van der Waals surface area contributed by atoms with Crippen LogP contribution in [0.3, 0.4) is 0 Å². The molecule has 0 radical (unpaired) electrons. The van der Waals surface area contributed by atoms with E-state index in [1.54, 1.807) is 72.6 Å². The first-order valence-corrected chi connectivity index (χ1v) is 17.3. The SMILES string of the molecule is COc1cc(N=Nc2cccc(SOO[O-])c2)ccc1Nc1nc(Nc2ccc(N=Nc3cccc(S(=O)(=O)[O-])c3)cc2OC)nc(N(C)CCO)n1.[Na+].[Na+]. The van der Waals surface area contributed by atoms with E-state index in [-0.39, 0.29) is 95.8 Å². The van der Waals surface area contributed by atoms with E-state index in [2.05, 4.69) is 55.4 Å². The molecular formula is C32H30N10Na2O9S2. The van der Waals surface area contributed by atoms with Crippen LogP contribution in [-0.4, -0.2) is 67.4 Å². The van der Waals surface area contributed by atoms with Gasteiger partial charge < -0.3 is 39.9 Å². The number of benzene rings is 4. The number of nitrogens with one attached hydrogen (secondary N) is 2. The molecule has 0 spiro atoms. The fourth-order valence-electron chi connectivity index (χ4n) is 4.41. The number of aliphatic hydroxyl groups excluding tert-OH is 1. The Bertz CT molecular complexity index is 2220. The first kappa shape index (κ1) is 45.6. The van der Waals surface area contributed by atoms with Gasteiger partial charge in [-0.3, -0.25) is 5.04 Å². The Morgan fingerprint density at radius 3 is 1.76 bits per heavy atom. The maximum atomic E-state index is 11.4. The second kappa shape index (κ2) is 22.1. The van der Waals surface area contributed by atoms with Crippen molar-refractivity contribution < 1.29 is 101 Å². The van der Waals surface area contributed by atoms with Gasteiger partial charge >= 0.3 is 59.1 Å². The molecule has 55 heavy (non-hydrogen) atoms. The molecule has 0 aliphatic heterocycles. The summed E-state index contributed by atoms with van der Waals surface area (Å²) in [4.78, 5) is 15.3. The molecule has 3 N–H and O–H groups in total. The molecule has 19 nitrogen and oxygen atoms in total. The van der Waals surface area contributed by atoms with Gasteiger partial charge in [-0.2, -0.15) is 39.7 Å². The minimum atomic E-state index is -4.65. The fourth-order valence-corrected chi connectivity index (χ4v) is 5.33. The molecule has 5 rings (SSSR count). The predicted octanol–water partition coefficient (Wildman–Crippen LogP) is -0.222. The monoisotopic (exact) mass is 808 g/mol. The Balaban J connectivity index is 0.00000406. The maximum absolute atomic E-state index is 11.4. The Morgan fingerprint density at radius 2 is 1.27 bits per heavy atom. The van der Waals surface area contributed by atoms with Crippen LogP contribution in [0.25, 0.3) is 0 Å². The van der Waals surface area contributed by atoms with E-state index in [0.29, 0.717) is 44.8 Å². The van der Waals surface area contributed by atoms with Gasteiger partial charge in [0.25, 0.3) is 0 Å². The number of rotatable bonds is 17. The van der Waals surface area contributed by atoms with Crippen molar-refractivity contribution in [3.8, 4) is 11.5 Å². The van der Waals surface area contributed by atoms with E-state index >= 15 is 0 Å². The van der Waals surface area contributed by atoms with Crippen molar-refractivity contribution in [3.05, 3.63) is 84.9 Å². The molecule has 0 saturated carbocycles. The van der Waals surface area contributed by atoms with E-state index < -0.39 is 15.0 Å². The molecule has 0 fully saturated rings. The quantitative estimate of drug-likeness (QED) is 0.0274. The number of azo groups is 2. The van der Waals surface area contributed by atoms with Crippen molar-refractivity contribution >= 4 is 74.1 Å². The summed E-state index contributed by atoms with van der Waals surface area (Å²) >= 11 is 0.740. The maximum Gasteiger partial charge on any atom is 1.00 e. The molecule has 1 heterocycles. The number of ether oxygens (including phenoxy) is 2. The van der Waals surface area contributed by atoms with E-state index in [1.165, 1.54) is 32.4 Å². The predicted molar refractivity (Wildman–Crippen MR) is 190 cm³/mol. The topological polar surface area (TPSA) is 253 Å². The van der Waals surface area contributed by atoms with Gasteiger partial charge in [-0.25, -0.2) is 8.42 Å². The average molecular weight is 809 g/mol. The molecule has 0 amide bonds. The van der Waals surface area contributed by atoms with Gasteiger partial charge in [-0.05, 0) is 60.7 Å². The van der Waals surface area contributed by atoms with Crippen molar-refractivity contribution in [2.24, 2.45) is 20.5 Å². The number of methoxy groups -OCH3 is 2. The van der Waals surface area contributed by atoms with Gasteiger partial charge in [0.05, 0.1) is 71.9 Å². The summed E-state index contributed by atoms with van der Waals surface area (Å²) in [5.74, 6) is 1.25. The third kappa shape index (κ3) is 13.4. The summed E-state index contributed by atoms with van der Waals surface area (Å²) in [6.45, 7) is 0.0868. The molecule has 5 aromatic rings. The van der Waals surface area contributed by atoms with Crippen molar-refractivity contribution in [2.75, 3.05) is 50.0 Å². The smallest absolute Gasteiger partial charge is 0.744 e. The second-order valence-electron chi connectivity index (χ2n) is 10.5. The van der Waals surface area contributed by atoms with Crippen LogP contribution in [0.15, 0.2) is 115 Å². The van der Waals surface area contributed by atoms with Crippen LogP contribution in [0.4, 0.5) is 52.0 Å². The molecule has 0 bridgehead atoms. The number of nitrogens with zero attached hydrogens (tertiary/aromatic N) is 8. The van der Waals surface area contributed by atoms with Gasteiger partial charge in [0.15, 0.2) is 0 Å². The normalized spacial score (nSPS) is 11.2. The Morgan fingerprint density at radius 1 is 0.764 bits per heavy atom. The van der Waals surface area contributed by atoms with E-state index in [0.717, 1.165) is 18.1 Å². The number of aromatic nitrogens is 3. The zero-order valence-corrected chi connectivity index (χ0v) is 35.7. The molecule has 0 saturated heterocycles. The number of aliphatic hydroxyl groups is 1. The van der Waals surface area contributed by atoms with Gasteiger partial charge in [-0.1, -0.05) is 12.1 Å². The summed E-state index contributed by atoms with van der Waals surface area (Å²) in [5, 5.41) is 46.0. The van der Waals surface area contributed by atoms with E-state index in [4.69, 9.17) is 9.47 Å². The van der Waals surface area contributed by atoms with Crippen LogP contribution >= 0.6 is 12.0 Å². The third-order valence-electron chi connectivity index (χ3n) is 6.91. The number of hydrogen-bond acceptors (Lipinski definition) is 20. The van der Waals surface area contributed by atoms with E-state index in [1.807, 2.05) is 0 Å². The molecule has 0 aliphatic carbocycles. The third-order valence-corrected chi connectivity index (χ3v) is 8.31. The average Bonchev–Trinajstić information content (AvgIpc) is 3.16. The fraction of sp³-hybridized carbons (Fsp3) is 0.156. The first-order valence-electron chi connectivity index (χ1n) is 15.2. The number of anilines is 5. The zero-order chi connectivity index (χ0) is 37.8. The molecule has 0 atom stereocenters. The first-order chi connectivity index (χ1) is 25.6. The molecule has 4 aromatic carbocycles. The van der Waals surface area contributed by atoms with Crippen LogP contribution in [0.2, 0.25) is 0 Å². The zero-order valence-electron chi connectivity index (χ0n) is 30.1. The molecular weight excluding hydrogens is 779 g/mol. The number of hydrogen-bond donors (Lipinski definition) is 3. The van der Waals surface area contributed by atoms with Crippen LogP contribution in [0.1, 0.15) is 0 Å². The summed E-state index contributed by atoms with van der Waals surface area (Å²) < 4.78 is 49.6. The standard InChI is InChI=1S/C32H32N10O9S2.2Na/c1-42(14-15-43)32-36-30(33-26-12-10-22(18-28(26)48-2)40-38-20-6-4-8-24(16-20)52-51-50-44)35-31(37-32)34-27-13-11-23(19-29(27)49-3)41-39-21-7-5-9-25(17-21)53(45,46)47;;/h4-13,16-19,43-44H,14-15H2,1-3H3,(H,45,46,47)(H2,33,34,35,36,37);;/q;2*+1/p-2. The minimum absolute atomic E-state index is 0. The summed E-state index contributed by atoms with van der Waals surface area (Å²) in [7, 11) is 0.00731. The van der Waals surface area contributed by atoms with Gasteiger partial charge in [0, 0.05) is 30.6 Å². The molecule has 1 aromatic heterocycles. The van der Waals surface area contributed by atoms with E-state index in [9.17, 15) is 23.3 Å². The minimum Gasteiger partial charge on any atom is -0.744 e.